The molecule has 0 radical (unpaired) electrons. The van der Waals surface area contributed by atoms with Gasteiger partial charge in [-0.05, 0) is 12.5 Å². The first kappa shape index (κ1) is 17.7. The van der Waals surface area contributed by atoms with Gasteiger partial charge in [-0.1, -0.05) is 30.3 Å². The lowest BCUT2D eigenvalue weighted by Gasteiger charge is -2.21. The van der Waals surface area contributed by atoms with Gasteiger partial charge in [-0.2, -0.15) is 0 Å². The van der Waals surface area contributed by atoms with Gasteiger partial charge in [0.1, 0.15) is 6.54 Å². The summed E-state index contributed by atoms with van der Waals surface area (Å²) in [5.74, 6) is -1.21. The van der Waals surface area contributed by atoms with Crippen molar-refractivity contribution < 1.29 is 23.9 Å². The number of amides is 1. The maximum atomic E-state index is 12.2. The summed E-state index contributed by atoms with van der Waals surface area (Å²) in [4.78, 5) is 36.4. The number of carbonyl (C=O) groups excluding carboxylic acids is 3. The zero-order valence-corrected chi connectivity index (χ0v) is 12.9. The van der Waals surface area contributed by atoms with E-state index >= 15 is 0 Å². The summed E-state index contributed by atoms with van der Waals surface area (Å²) in [6.45, 7) is 2.12. The Labute approximate surface area is 130 Å². The minimum atomic E-state index is -0.468. The minimum Gasteiger partial charge on any atom is -0.469 e. The van der Waals surface area contributed by atoms with E-state index in [1.807, 2.05) is 30.3 Å². The number of rotatable bonds is 8. The summed E-state index contributed by atoms with van der Waals surface area (Å²) in [6, 6.07) is 9.32. The summed E-state index contributed by atoms with van der Waals surface area (Å²) < 4.78 is 9.40. The third-order valence-corrected chi connectivity index (χ3v) is 2.96. The summed E-state index contributed by atoms with van der Waals surface area (Å²) in [7, 11) is 1.27. The summed E-state index contributed by atoms with van der Waals surface area (Å²) in [5, 5.41) is 0. The molecule has 0 aliphatic heterocycles. The Hall–Kier alpha value is -2.37. The van der Waals surface area contributed by atoms with Crippen molar-refractivity contribution in [2.45, 2.75) is 26.3 Å². The average Bonchev–Trinajstić information content (AvgIpc) is 2.52. The standard InChI is InChI=1S/C16H21NO5/c1-3-22-16(20)12-17(11-13-7-5-4-6-8-13)14(18)9-10-15(19)21-2/h4-8H,3,9-12H2,1-2H3. The molecule has 6 nitrogen and oxygen atoms in total. The van der Waals surface area contributed by atoms with Gasteiger partial charge in [0.2, 0.25) is 5.91 Å². The van der Waals surface area contributed by atoms with E-state index in [1.54, 1.807) is 6.92 Å². The van der Waals surface area contributed by atoms with Crippen LogP contribution in [-0.2, 0) is 30.4 Å². The Morgan fingerprint density at radius 3 is 2.32 bits per heavy atom. The van der Waals surface area contributed by atoms with Crippen LogP contribution >= 0.6 is 0 Å². The van der Waals surface area contributed by atoms with E-state index in [9.17, 15) is 14.4 Å². The molecule has 1 amide bonds. The molecular formula is C16H21NO5. The highest BCUT2D eigenvalue weighted by atomic mass is 16.5. The Morgan fingerprint density at radius 2 is 1.73 bits per heavy atom. The molecule has 0 bridgehead atoms. The molecule has 0 saturated carbocycles. The lowest BCUT2D eigenvalue weighted by atomic mass is 10.2. The molecular weight excluding hydrogens is 286 g/mol. The SMILES string of the molecule is CCOC(=O)CN(Cc1ccccc1)C(=O)CCC(=O)OC. The van der Waals surface area contributed by atoms with Crippen molar-refractivity contribution >= 4 is 17.8 Å². The van der Waals surface area contributed by atoms with Crippen LogP contribution in [0.1, 0.15) is 25.3 Å². The van der Waals surface area contributed by atoms with Crippen LogP contribution in [0.4, 0.5) is 0 Å². The van der Waals surface area contributed by atoms with E-state index in [-0.39, 0.29) is 31.9 Å². The molecule has 0 fully saturated rings. The van der Waals surface area contributed by atoms with E-state index in [2.05, 4.69) is 4.74 Å². The highest BCUT2D eigenvalue weighted by Crippen LogP contribution is 2.08. The first-order valence-corrected chi connectivity index (χ1v) is 7.11. The molecule has 0 aliphatic rings. The monoisotopic (exact) mass is 307 g/mol. The van der Waals surface area contributed by atoms with Crippen molar-refractivity contribution in [1.29, 1.82) is 0 Å². The van der Waals surface area contributed by atoms with Gasteiger partial charge in [-0.25, -0.2) is 0 Å². The summed E-state index contributed by atoms with van der Waals surface area (Å²) in [6.07, 6.45) is -0.0115. The lowest BCUT2D eigenvalue weighted by Crippen LogP contribution is -2.36. The predicted molar refractivity (Wildman–Crippen MR) is 79.7 cm³/mol. The van der Waals surface area contributed by atoms with E-state index < -0.39 is 11.9 Å². The fourth-order valence-electron chi connectivity index (χ4n) is 1.87. The van der Waals surface area contributed by atoms with Gasteiger partial charge in [0.15, 0.2) is 0 Å². The van der Waals surface area contributed by atoms with E-state index in [4.69, 9.17) is 4.74 Å². The Morgan fingerprint density at radius 1 is 1.05 bits per heavy atom. The quantitative estimate of drug-likeness (QED) is 0.681. The van der Waals surface area contributed by atoms with Crippen molar-refractivity contribution in [3.63, 3.8) is 0 Å². The van der Waals surface area contributed by atoms with Crippen LogP contribution < -0.4 is 0 Å². The minimum absolute atomic E-state index is 0.00108. The largest absolute Gasteiger partial charge is 0.469 e. The maximum Gasteiger partial charge on any atom is 0.325 e. The number of carbonyl (C=O) groups is 3. The Kier molecular flexibility index (Phi) is 7.67. The molecule has 0 N–H and O–H groups in total. The van der Waals surface area contributed by atoms with Crippen molar-refractivity contribution in [2.75, 3.05) is 20.3 Å². The molecule has 0 aliphatic carbocycles. The lowest BCUT2D eigenvalue weighted by molar-refractivity contribution is -0.150. The van der Waals surface area contributed by atoms with E-state index in [0.29, 0.717) is 6.54 Å². The van der Waals surface area contributed by atoms with Crippen molar-refractivity contribution in [1.82, 2.24) is 4.90 Å². The third kappa shape index (κ3) is 6.39. The molecule has 1 rings (SSSR count). The van der Waals surface area contributed by atoms with Crippen LogP contribution in [-0.4, -0.2) is 43.0 Å². The summed E-state index contributed by atoms with van der Waals surface area (Å²) >= 11 is 0. The van der Waals surface area contributed by atoms with Gasteiger partial charge in [0.25, 0.3) is 0 Å². The van der Waals surface area contributed by atoms with Gasteiger partial charge in [-0.3, -0.25) is 14.4 Å². The molecule has 0 saturated heterocycles. The Balaban J connectivity index is 2.70. The first-order valence-electron chi connectivity index (χ1n) is 7.11. The molecule has 0 heterocycles. The van der Waals surface area contributed by atoms with Crippen molar-refractivity contribution in [3.8, 4) is 0 Å². The third-order valence-electron chi connectivity index (χ3n) is 2.96. The highest BCUT2D eigenvalue weighted by molar-refractivity contribution is 5.84. The summed E-state index contributed by atoms with van der Waals surface area (Å²) in [5.41, 5.74) is 0.901. The molecule has 6 heteroatoms. The Bertz CT molecular complexity index is 501. The van der Waals surface area contributed by atoms with Gasteiger partial charge >= 0.3 is 11.9 Å². The maximum absolute atomic E-state index is 12.2. The highest BCUT2D eigenvalue weighted by Gasteiger charge is 2.19. The molecule has 120 valence electrons. The number of ether oxygens (including phenoxy) is 2. The van der Waals surface area contributed by atoms with Gasteiger partial charge < -0.3 is 14.4 Å². The molecule has 0 spiro atoms. The number of benzene rings is 1. The van der Waals surface area contributed by atoms with E-state index in [1.165, 1.54) is 12.0 Å². The van der Waals surface area contributed by atoms with Crippen LogP contribution in [0.5, 0.6) is 0 Å². The first-order chi connectivity index (χ1) is 10.6. The van der Waals surface area contributed by atoms with Gasteiger partial charge in [-0.15, -0.1) is 0 Å². The van der Waals surface area contributed by atoms with Crippen molar-refractivity contribution in [2.24, 2.45) is 0 Å². The second-order valence-corrected chi connectivity index (χ2v) is 4.62. The molecule has 0 unspecified atom stereocenters. The topological polar surface area (TPSA) is 72.9 Å². The second-order valence-electron chi connectivity index (χ2n) is 4.62. The average molecular weight is 307 g/mol. The van der Waals surface area contributed by atoms with Gasteiger partial charge in [0.05, 0.1) is 20.1 Å². The number of esters is 2. The molecule has 0 aromatic heterocycles. The molecule has 1 aromatic carbocycles. The van der Waals surface area contributed by atoms with E-state index in [0.717, 1.165) is 5.56 Å². The number of hydrogen-bond donors (Lipinski definition) is 0. The fourth-order valence-corrected chi connectivity index (χ4v) is 1.87. The zero-order chi connectivity index (χ0) is 16.4. The van der Waals surface area contributed by atoms with Crippen molar-refractivity contribution in [3.05, 3.63) is 35.9 Å². The number of methoxy groups -OCH3 is 1. The second kappa shape index (κ2) is 9.55. The smallest absolute Gasteiger partial charge is 0.325 e. The number of nitrogens with zero attached hydrogens (tertiary/aromatic N) is 1. The zero-order valence-electron chi connectivity index (χ0n) is 12.9. The van der Waals surface area contributed by atoms with Crippen LogP contribution in [0.25, 0.3) is 0 Å². The number of hydrogen-bond acceptors (Lipinski definition) is 5. The van der Waals surface area contributed by atoms with Crippen LogP contribution in [0.2, 0.25) is 0 Å². The molecule has 0 atom stereocenters. The van der Waals surface area contributed by atoms with Crippen LogP contribution in [0.15, 0.2) is 30.3 Å². The normalized spacial score (nSPS) is 9.91. The molecule has 22 heavy (non-hydrogen) atoms. The van der Waals surface area contributed by atoms with Crippen LogP contribution in [0, 0.1) is 0 Å². The fraction of sp³-hybridized carbons (Fsp3) is 0.438. The predicted octanol–water partition coefficient (Wildman–Crippen LogP) is 1.53. The van der Waals surface area contributed by atoms with Gasteiger partial charge in [0, 0.05) is 13.0 Å². The van der Waals surface area contributed by atoms with Crippen LogP contribution in [0.3, 0.4) is 0 Å². The molecule has 1 aromatic rings.